The zero-order chi connectivity index (χ0) is 13.4. The molecule has 0 radical (unpaired) electrons. The van der Waals surface area contributed by atoms with Crippen LogP contribution in [0, 0.1) is 0 Å². The summed E-state index contributed by atoms with van der Waals surface area (Å²) in [6, 6.07) is 8.42. The number of carbonyl (C=O) groups is 2. The normalized spacial score (nSPS) is 11.6. The van der Waals surface area contributed by atoms with Crippen molar-refractivity contribution in [3.05, 3.63) is 35.9 Å². The monoisotopic (exact) mass is 268 g/mol. The van der Waals surface area contributed by atoms with Crippen LogP contribution in [0.5, 0.6) is 0 Å². The quantitative estimate of drug-likeness (QED) is 0.758. The highest BCUT2D eigenvalue weighted by Crippen LogP contribution is 2.13. The molecule has 5 nitrogen and oxygen atoms in total. The van der Waals surface area contributed by atoms with Gasteiger partial charge in [0.05, 0.1) is 7.11 Å². The number of hydrogen-bond donors (Lipinski definition) is 2. The van der Waals surface area contributed by atoms with E-state index in [0.29, 0.717) is 5.75 Å². The molecule has 0 aliphatic carbocycles. The number of ether oxygens (including phenoxy) is 1. The molecule has 0 saturated heterocycles. The van der Waals surface area contributed by atoms with Crippen LogP contribution in [0.4, 0.5) is 4.79 Å². The molecule has 0 aliphatic rings. The van der Waals surface area contributed by atoms with Crippen LogP contribution >= 0.6 is 11.8 Å². The summed E-state index contributed by atoms with van der Waals surface area (Å²) in [6.45, 7) is 0. The second-order valence-electron chi connectivity index (χ2n) is 3.59. The van der Waals surface area contributed by atoms with Crippen molar-refractivity contribution in [2.45, 2.75) is 11.8 Å². The number of carbonyl (C=O) groups excluding carboxylic acids is 2. The molecule has 98 valence electrons. The average Bonchev–Trinajstić information content (AvgIpc) is 2.37. The molecule has 1 atom stereocenters. The summed E-state index contributed by atoms with van der Waals surface area (Å²) in [4.78, 5) is 22.1. The SMILES string of the molecule is COC(=O)[C@H](CSCc1ccccc1)NC(N)=O. The van der Waals surface area contributed by atoms with Crippen molar-refractivity contribution in [1.82, 2.24) is 5.32 Å². The Bertz CT molecular complexity index is 398. The minimum Gasteiger partial charge on any atom is -0.467 e. The molecule has 18 heavy (non-hydrogen) atoms. The first kappa shape index (κ1) is 14.4. The zero-order valence-electron chi connectivity index (χ0n) is 10.1. The summed E-state index contributed by atoms with van der Waals surface area (Å²) in [7, 11) is 1.28. The average molecular weight is 268 g/mol. The number of rotatable bonds is 6. The lowest BCUT2D eigenvalue weighted by Crippen LogP contribution is -2.45. The van der Waals surface area contributed by atoms with E-state index in [1.165, 1.54) is 18.9 Å². The predicted octanol–water partition coefficient (Wildman–Crippen LogP) is 1.13. The van der Waals surface area contributed by atoms with Gasteiger partial charge in [-0.3, -0.25) is 0 Å². The Kier molecular flexibility index (Phi) is 6.07. The Morgan fingerprint density at radius 1 is 1.39 bits per heavy atom. The lowest BCUT2D eigenvalue weighted by molar-refractivity contribution is -0.142. The van der Waals surface area contributed by atoms with E-state index in [4.69, 9.17) is 5.73 Å². The number of primary amides is 1. The number of esters is 1. The molecule has 3 N–H and O–H groups in total. The van der Waals surface area contributed by atoms with Crippen LogP contribution in [0.2, 0.25) is 0 Å². The maximum Gasteiger partial charge on any atom is 0.329 e. The van der Waals surface area contributed by atoms with Gasteiger partial charge in [-0.15, -0.1) is 0 Å². The van der Waals surface area contributed by atoms with Crippen molar-refractivity contribution in [1.29, 1.82) is 0 Å². The van der Waals surface area contributed by atoms with Crippen LogP contribution in [0.1, 0.15) is 5.56 Å². The number of hydrogen-bond acceptors (Lipinski definition) is 4. The topological polar surface area (TPSA) is 81.4 Å². The fraction of sp³-hybridized carbons (Fsp3) is 0.333. The van der Waals surface area contributed by atoms with Crippen molar-refractivity contribution in [3.63, 3.8) is 0 Å². The maximum atomic E-state index is 11.4. The Morgan fingerprint density at radius 3 is 2.61 bits per heavy atom. The molecule has 0 heterocycles. The molecule has 1 aromatic rings. The van der Waals surface area contributed by atoms with E-state index in [2.05, 4.69) is 10.1 Å². The van der Waals surface area contributed by atoms with E-state index < -0.39 is 18.0 Å². The van der Waals surface area contributed by atoms with Crippen molar-refractivity contribution >= 4 is 23.8 Å². The number of methoxy groups -OCH3 is 1. The van der Waals surface area contributed by atoms with Gasteiger partial charge in [-0.05, 0) is 5.56 Å². The lowest BCUT2D eigenvalue weighted by atomic mass is 10.2. The van der Waals surface area contributed by atoms with E-state index in [1.54, 1.807) is 0 Å². The van der Waals surface area contributed by atoms with Gasteiger partial charge in [-0.25, -0.2) is 9.59 Å². The molecule has 0 aromatic heterocycles. The molecule has 0 saturated carbocycles. The minimum absolute atomic E-state index is 0.421. The number of nitrogens with two attached hydrogens (primary N) is 1. The van der Waals surface area contributed by atoms with E-state index in [9.17, 15) is 9.59 Å². The Hall–Kier alpha value is -1.69. The number of urea groups is 1. The molecular weight excluding hydrogens is 252 g/mol. The fourth-order valence-electron chi connectivity index (χ4n) is 1.35. The Labute approximate surface area is 110 Å². The molecule has 0 spiro atoms. The van der Waals surface area contributed by atoms with E-state index >= 15 is 0 Å². The highest BCUT2D eigenvalue weighted by molar-refractivity contribution is 7.98. The van der Waals surface area contributed by atoms with E-state index in [-0.39, 0.29) is 0 Å². The third-order valence-electron chi connectivity index (χ3n) is 2.20. The lowest BCUT2D eigenvalue weighted by Gasteiger charge is -2.14. The summed E-state index contributed by atoms with van der Waals surface area (Å²) >= 11 is 1.53. The first-order valence-corrected chi connectivity index (χ1v) is 6.54. The number of nitrogens with one attached hydrogen (secondary N) is 1. The second kappa shape index (κ2) is 7.60. The van der Waals surface area contributed by atoms with Crippen LogP contribution < -0.4 is 11.1 Å². The molecule has 1 aromatic carbocycles. The van der Waals surface area contributed by atoms with Gasteiger partial charge in [0, 0.05) is 11.5 Å². The van der Waals surface area contributed by atoms with Gasteiger partial charge >= 0.3 is 12.0 Å². The Balaban J connectivity index is 2.42. The predicted molar refractivity (Wildman–Crippen MR) is 71.1 cm³/mol. The minimum atomic E-state index is -0.731. The second-order valence-corrected chi connectivity index (χ2v) is 4.62. The van der Waals surface area contributed by atoms with E-state index in [0.717, 1.165) is 11.3 Å². The van der Waals surface area contributed by atoms with Crippen molar-refractivity contribution < 1.29 is 14.3 Å². The number of benzene rings is 1. The van der Waals surface area contributed by atoms with Crippen LogP contribution in [-0.4, -0.2) is 30.9 Å². The van der Waals surface area contributed by atoms with Gasteiger partial charge < -0.3 is 15.8 Å². The van der Waals surface area contributed by atoms with Crippen molar-refractivity contribution in [3.8, 4) is 0 Å². The van der Waals surface area contributed by atoms with Crippen LogP contribution in [-0.2, 0) is 15.3 Å². The molecule has 0 bridgehead atoms. The first-order chi connectivity index (χ1) is 8.63. The molecular formula is C12H16N2O3S. The zero-order valence-corrected chi connectivity index (χ0v) is 10.9. The largest absolute Gasteiger partial charge is 0.467 e. The highest BCUT2D eigenvalue weighted by atomic mass is 32.2. The third kappa shape index (κ3) is 5.09. The van der Waals surface area contributed by atoms with Crippen LogP contribution in [0.15, 0.2) is 30.3 Å². The van der Waals surface area contributed by atoms with Crippen molar-refractivity contribution in [2.75, 3.05) is 12.9 Å². The van der Waals surface area contributed by atoms with Gasteiger partial charge in [-0.2, -0.15) is 11.8 Å². The molecule has 1 rings (SSSR count). The van der Waals surface area contributed by atoms with Crippen LogP contribution in [0.3, 0.4) is 0 Å². The summed E-state index contributed by atoms with van der Waals surface area (Å²) in [5.41, 5.74) is 6.16. The summed E-state index contributed by atoms with van der Waals surface area (Å²) in [5, 5.41) is 2.36. The Morgan fingerprint density at radius 2 is 2.06 bits per heavy atom. The van der Waals surface area contributed by atoms with Crippen LogP contribution in [0.25, 0.3) is 0 Å². The highest BCUT2D eigenvalue weighted by Gasteiger charge is 2.20. The molecule has 6 heteroatoms. The fourth-order valence-corrected chi connectivity index (χ4v) is 2.35. The first-order valence-electron chi connectivity index (χ1n) is 5.39. The van der Waals surface area contributed by atoms with Crippen molar-refractivity contribution in [2.24, 2.45) is 5.73 Å². The summed E-state index contributed by atoms with van der Waals surface area (Å²) < 4.78 is 4.59. The van der Waals surface area contributed by atoms with Gasteiger partial charge in [0.1, 0.15) is 6.04 Å². The molecule has 0 aliphatic heterocycles. The third-order valence-corrected chi connectivity index (χ3v) is 3.30. The summed E-state index contributed by atoms with van der Waals surface area (Å²) in [6.07, 6.45) is 0. The molecule has 0 fully saturated rings. The van der Waals surface area contributed by atoms with Gasteiger partial charge in [-0.1, -0.05) is 30.3 Å². The van der Waals surface area contributed by atoms with E-state index in [1.807, 2.05) is 30.3 Å². The van der Waals surface area contributed by atoms with Gasteiger partial charge in [0.25, 0.3) is 0 Å². The van der Waals surface area contributed by atoms with Gasteiger partial charge in [0.2, 0.25) is 0 Å². The number of thioether (sulfide) groups is 1. The molecule has 0 unspecified atom stereocenters. The summed E-state index contributed by atoms with van der Waals surface area (Å²) in [5.74, 6) is 0.689. The number of amides is 2. The smallest absolute Gasteiger partial charge is 0.329 e. The molecule has 2 amide bonds. The van der Waals surface area contributed by atoms with Gasteiger partial charge in [0.15, 0.2) is 0 Å². The maximum absolute atomic E-state index is 11.4. The standard InChI is InChI=1S/C12H16N2O3S/c1-17-11(15)10(14-12(13)16)8-18-7-9-5-3-2-4-6-9/h2-6,10H,7-8H2,1H3,(H3,13,14,16)/t10-/m0/s1.